The van der Waals surface area contributed by atoms with Crippen LogP contribution in [-0.2, 0) is 4.74 Å². The van der Waals surface area contributed by atoms with Crippen molar-refractivity contribution >= 4 is 22.4 Å². The minimum absolute atomic E-state index is 0.258. The Morgan fingerprint density at radius 3 is 3.00 bits per heavy atom. The smallest absolute Gasteiger partial charge is 0.319 e. The molecule has 2 heterocycles. The van der Waals surface area contributed by atoms with E-state index >= 15 is 0 Å². The fourth-order valence-electron chi connectivity index (χ4n) is 1.47. The monoisotopic (exact) mass is 266 g/mol. The summed E-state index contributed by atoms with van der Waals surface area (Å²) in [6, 6.07) is 7.05. The van der Waals surface area contributed by atoms with Crippen molar-refractivity contribution in [3.05, 3.63) is 41.7 Å². The van der Waals surface area contributed by atoms with Crippen molar-refractivity contribution in [2.24, 2.45) is 0 Å². The topological polar surface area (TPSA) is 63.5 Å². The average molecular weight is 266 g/mol. The third-order valence-electron chi connectivity index (χ3n) is 2.35. The Kier molecular flexibility index (Phi) is 4.38. The molecule has 2 rings (SSSR count). The summed E-state index contributed by atoms with van der Waals surface area (Å²) < 4.78 is 10.5. The standard InChI is InChI=1S/C12H14N2O3S/c1-16-10(9-4-2-6-17-9)8-13-12(15)14-11-5-3-7-18-11/h2-7,10H,8H2,1H3,(H2,13,14,15)/t10-/m0/s1. The summed E-state index contributed by atoms with van der Waals surface area (Å²) in [5.74, 6) is 0.689. The Morgan fingerprint density at radius 1 is 1.50 bits per heavy atom. The molecule has 2 N–H and O–H groups in total. The molecule has 2 aromatic heterocycles. The lowest BCUT2D eigenvalue weighted by Crippen LogP contribution is -2.32. The normalized spacial score (nSPS) is 12.1. The fourth-order valence-corrected chi connectivity index (χ4v) is 2.08. The summed E-state index contributed by atoms with van der Waals surface area (Å²) in [7, 11) is 1.58. The quantitative estimate of drug-likeness (QED) is 0.874. The predicted molar refractivity (Wildman–Crippen MR) is 69.8 cm³/mol. The van der Waals surface area contributed by atoms with Gasteiger partial charge in [0.05, 0.1) is 17.8 Å². The largest absolute Gasteiger partial charge is 0.467 e. The van der Waals surface area contributed by atoms with Crippen LogP contribution in [0.4, 0.5) is 9.80 Å². The second kappa shape index (κ2) is 6.23. The van der Waals surface area contributed by atoms with Gasteiger partial charge in [0.1, 0.15) is 11.9 Å². The summed E-state index contributed by atoms with van der Waals surface area (Å²) >= 11 is 1.47. The SMILES string of the molecule is CO[C@@H](CNC(=O)Nc1cccs1)c1ccco1. The molecule has 5 nitrogen and oxygen atoms in total. The number of methoxy groups -OCH3 is 1. The highest BCUT2D eigenvalue weighted by atomic mass is 32.1. The number of ether oxygens (including phenoxy) is 1. The first-order chi connectivity index (χ1) is 8.79. The Balaban J connectivity index is 1.81. The van der Waals surface area contributed by atoms with Crippen molar-refractivity contribution < 1.29 is 13.9 Å². The number of furan rings is 1. The Morgan fingerprint density at radius 2 is 2.39 bits per heavy atom. The molecule has 0 fully saturated rings. The van der Waals surface area contributed by atoms with E-state index in [0.717, 1.165) is 5.00 Å². The van der Waals surface area contributed by atoms with Crippen molar-refractivity contribution in [2.45, 2.75) is 6.10 Å². The van der Waals surface area contributed by atoms with Crippen LogP contribution in [0, 0.1) is 0 Å². The van der Waals surface area contributed by atoms with E-state index in [2.05, 4.69) is 10.6 Å². The van der Waals surface area contributed by atoms with E-state index in [1.807, 2.05) is 23.6 Å². The molecule has 0 aliphatic carbocycles. The van der Waals surface area contributed by atoms with Gasteiger partial charge >= 0.3 is 6.03 Å². The zero-order chi connectivity index (χ0) is 12.8. The molecule has 0 saturated carbocycles. The summed E-state index contributed by atoms with van der Waals surface area (Å²) in [6.07, 6.45) is 1.29. The highest BCUT2D eigenvalue weighted by Crippen LogP contribution is 2.17. The number of rotatable bonds is 5. The van der Waals surface area contributed by atoms with Gasteiger partial charge in [-0.1, -0.05) is 0 Å². The average Bonchev–Trinajstić information content (AvgIpc) is 3.02. The molecule has 0 unspecified atom stereocenters. The molecule has 0 aliphatic heterocycles. The van der Waals surface area contributed by atoms with Crippen molar-refractivity contribution in [2.75, 3.05) is 19.0 Å². The molecule has 1 atom stereocenters. The first-order valence-corrected chi connectivity index (χ1v) is 6.32. The maximum Gasteiger partial charge on any atom is 0.319 e. The zero-order valence-electron chi connectivity index (χ0n) is 9.88. The van der Waals surface area contributed by atoms with Crippen LogP contribution in [0.15, 0.2) is 40.3 Å². The van der Waals surface area contributed by atoms with Gasteiger partial charge in [-0.15, -0.1) is 11.3 Å². The summed E-state index contributed by atoms with van der Waals surface area (Å²) in [6.45, 7) is 0.348. The van der Waals surface area contributed by atoms with Gasteiger partial charge in [-0.2, -0.15) is 0 Å². The van der Waals surface area contributed by atoms with E-state index in [1.165, 1.54) is 11.3 Å². The van der Waals surface area contributed by atoms with Gasteiger partial charge in [0.25, 0.3) is 0 Å². The molecule has 0 radical (unpaired) electrons. The Labute approximate surface area is 109 Å². The minimum atomic E-state index is -0.283. The maximum atomic E-state index is 11.6. The van der Waals surface area contributed by atoms with Crippen LogP contribution >= 0.6 is 11.3 Å². The van der Waals surface area contributed by atoms with Crippen molar-refractivity contribution in [1.29, 1.82) is 0 Å². The van der Waals surface area contributed by atoms with E-state index in [1.54, 1.807) is 19.4 Å². The minimum Gasteiger partial charge on any atom is -0.467 e. The highest BCUT2D eigenvalue weighted by Gasteiger charge is 2.14. The van der Waals surface area contributed by atoms with E-state index in [0.29, 0.717) is 12.3 Å². The second-order valence-corrected chi connectivity index (χ2v) is 4.50. The number of carbonyl (C=O) groups excluding carboxylic acids is 1. The van der Waals surface area contributed by atoms with E-state index in [-0.39, 0.29) is 12.1 Å². The molecule has 96 valence electrons. The van der Waals surface area contributed by atoms with Gasteiger partial charge < -0.3 is 14.5 Å². The van der Waals surface area contributed by atoms with Crippen LogP contribution in [0.25, 0.3) is 0 Å². The Bertz CT molecular complexity index is 467. The lowest BCUT2D eigenvalue weighted by molar-refractivity contribution is 0.0855. The number of amides is 2. The van der Waals surface area contributed by atoms with Crippen LogP contribution in [0.2, 0.25) is 0 Å². The summed E-state index contributed by atoms with van der Waals surface area (Å²) in [4.78, 5) is 11.6. The number of thiophene rings is 1. The molecule has 0 bridgehead atoms. The third-order valence-corrected chi connectivity index (χ3v) is 3.14. The van der Waals surface area contributed by atoms with Gasteiger partial charge in [-0.3, -0.25) is 5.32 Å². The highest BCUT2D eigenvalue weighted by molar-refractivity contribution is 7.14. The van der Waals surface area contributed by atoms with Crippen LogP contribution in [0.3, 0.4) is 0 Å². The van der Waals surface area contributed by atoms with Crippen molar-refractivity contribution in [1.82, 2.24) is 5.32 Å². The fraction of sp³-hybridized carbons (Fsp3) is 0.250. The number of hydrogen-bond donors (Lipinski definition) is 2. The number of nitrogens with one attached hydrogen (secondary N) is 2. The van der Waals surface area contributed by atoms with Gasteiger partial charge in [-0.05, 0) is 29.6 Å². The summed E-state index contributed by atoms with van der Waals surface area (Å²) in [5, 5.41) is 8.17. The summed E-state index contributed by atoms with van der Waals surface area (Å²) in [5.41, 5.74) is 0. The molecule has 0 aromatic carbocycles. The van der Waals surface area contributed by atoms with Crippen molar-refractivity contribution in [3.8, 4) is 0 Å². The van der Waals surface area contributed by atoms with Gasteiger partial charge in [0, 0.05) is 7.11 Å². The van der Waals surface area contributed by atoms with E-state index in [9.17, 15) is 4.79 Å². The van der Waals surface area contributed by atoms with Crippen molar-refractivity contribution in [3.63, 3.8) is 0 Å². The van der Waals surface area contributed by atoms with Gasteiger partial charge in [0.2, 0.25) is 0 Å². The molecule has 2 amide bonds. The van der Waals surface area contributed by atoms with E-state index < -0.39 is 0 Å². The molecular weight excluding hydrogens is 252 g/mol. The van der Waals surface area contributed by atoms with Gasteiger partial charge in [0.15, 0.2) is 0 Å². The first-order valence-electron chi connectivity index (χ1n) is 5.44. The van der Waals surface area contributed by atoms with Crippen LogP contribution in [-0.4, -0.2) is 19.7 Å². The number of anilines is 1. The van der Waals surface area contributed by atoms with Gasteiger partial charge in [-0.25, -0.2) is 4.79 Å². The Hall–Kier alpha value is -1.79. The lowest BCUT2D eigenvalue weighted by Gasteiger charge is -2.13. The number of carbonyl (C=O) groups is 1. The van der Waals surface area contributed by atoms with Crippen LogP contribution < -0.4 is 10.6 Å². The van der Waals surface area contributed by atoms with Crippen LogP contribution in [0.5, 0.6) is 0 Å². The zero-order valence-corrected chi connectivity index (χ0v) is 10.7. The first kappa shape index (κ1) is 12.7. The molecule has 18 heavy (non-hydrogen) atoms. The molecule has 0 spiro atoms. The lowest BCUT2D eigenvalue weighted by atomic mass is 10.3. The number of hydrogen-bond acceptors (Lipinski definition) is 4. The van der Waals surface area contributed by atoms with Crippen LogP contribution in [0.1, 0.15) is 11.9 Å². The number of urea groups is 1. The van der Waals surface area contributed by atoms with E-state index in [4.69, 9.17) is 9.15 Å². The molecule has 6 heteroatoms. The second-order valence-electron chi connectivity index (χ2n) is 3.55. The molecular formula is C12H14N2O3S. The molecule has 2 aromatic rings. The molecule has 0 saturated heterocycles. The third kappa shape index (κ3) is 3.35. The maximum absolute atomic E-state index is 11.6. The predicted octanol–water partition coefficient (Wildman–Crippen LogP) is 2.85. The molecule has 0 aliphatic rings.